The second-order valence-corrected chi connectivity index (χ2v) is 7.70. The van der Waals surface area contributed by atoms with Gasteiger partial charge < -0.3 is 5.11 Å². The highest BCUT2D eigenvalue weighted by atomic mass is 35.5. The second kappa shape index (κ2) is 6.10. The van der Waals surface area contributed by atoms with Crippen molar-refractivity contribution in [3.8, 4) is 0 Å². The molecule has 2 aliphatic heterocycles. The van der Waals surface area contributed by atoms with Crippen molar-refractivity contribution in [1.29, 1.82) is 0 Å². The molecule has 0 unspecified atom stereocenters. The van der Waals surface area contributed by atoms with Crippen molar-refractivity contribution in [2.24, 2.45) is 0 Å². The molecule has 0 saturated carbocycles. The molecule has 0 bridgehead atoms. The molecule has 2 atom stereocenters. The Hall–Kier alpha value is -1.49. The van der Waals surface area contributed by atoms with E-state index in [1.807, 2.05) is 54.2 Å². The van der Waals surface area contributed by atoms with Crippen LogP contribution in [0, 0.1) is 0 Å². The van der Waals surface area contributed by atoms with Crippen molar-refractivity contribution in [2.75, 3.05) is 17.2 Å². The molecule has 1 N–H and O–H groups in total. The fourth-order valence-electron chi connectivity index (χ4n) is 3.53. The van der Waals surface area contributed by atoms with Crippen molar-refractivity contribution in [2.45, 2.75) is 25.1 Å². The average molecular weight is 360 g/mol. The molecule has 2 aromatic carbocycles. The van der Waals surface area contributed by atoms with Gasteiger partial charge in [-0.15, -0.1) is 0 Å². The Labute approximate surface area is 151 Å². The van der Waals surface area contributed by atoms with E-state index in [2.05, 4.69) is 28.5 Å². The van der Waals surface area contributed by atoms with Crippen molar-refractivity contribution in [3.05, 3.63) is 65.2 Å². The Morgan fingerprint density at radius 2 is 1.92 bits per heavy atom. The van der Waals surface area contributed by atoms with Gasteiger partial charge >= 0.3 is 5.17 Å². The maximum absolute atomic E-state index is 11.7. The first-order valence-corrected chi connectivity index (χ1v) is 9.60. The third-order valence-electron chi connectivity index (χ3n) is 4.84. The minimum absolute atomic E-state index is 0.470. The van der Waals surface area contributed by atoms with E-state index in [0.717, 1.165) is 28.6 Å². The van der Waals surface area contributed by atoms with Crippen LogP contribution in [0.3, 0.4) is 0 Å². The normalized spacial score (nSPS) is 26.1. The van der Waals surface area contributed by atoms with E-state index < -0.39 is 5.72 Å². The monoisotopic (exact) mass is 359 g/mol. The third-order valence-corrected chi connectivity index (χ3v) is 6.31. The summed E-state index contributed by atoms with van der Waals surface area (Å²) in [6.45, 7) is 2.78. The van der Waals surface area contributed by atoms with Crippen LogP contribution >= 0.6 is 23.4 Å². The Morgan fingerprint density at radius 3 is 2.58 bits per heavy atom. The molecule has 0 saturated heterocycles. The molecule has 3 nitrogen and oxygen atoms in total. The lowest BCUT2D eigenvalue weighted by molar-refractivity contribution is -0.561. The molecule has 0 aliphatic carbocycles. The van der Waals surface area contributed by atoms with E-state index >= 15 is 0 Å². The summed E-state index contributed by atoms with van der Waals surface area (Å²) < 4.78 is 2.35. The lowest BCUT2D eigenvalue weighted by Crippen LogP contribution is -2.47. The lowest BCUT2D eigenvalue weighted by atomic mass is 10.0. The van der Waals surface area contributed by atoms with Gasteiger partial charge in [-0.2, -0.15) is 4.90 Å². The first-order chi connectivity index (χ1) is 11.6. The van der Waals surface area contributed by atoms with Gasteiger partial charge in [0.05, 0.1) is 0 Å². The third kappa shape index (κ3) is 2.44. The summed E-state index contributed by atoms with van der Waals surface area (Å²) in [7, 11) is 0. The Kier molecular flexibility index (Phi) is 4.07. The first kappa shape index (κ1) is 16.0. The fourth-order valence-corrected chi connectivity index (χ4v) is 5.18. The summed E-state index contributed by atoms with van der Waals surface area (Å²) in [6.07, 6.45) is 1.08. The minimum atomic E-state index is -1.08. The van der Waals surface area contributed by atoms with Crippen LogP contribution in [0.5, 0.6) is 0 Å². The average Bonchev–Trinajstić information content (AvgIpc) is 3.11. The molecule has 0 amide bonds. The SMILES string of the molecule is CC[C@H]1CSC2=[N+]1C[C@](O)(c1ccc(Cl)cc1)N2c1ccccc1. The van der Waals surface area contributed by atoms with Gasteiger partial charge in [-0.3, -0.25) is 0 Å². The van der Waals surface area contributed by atoms with Gasteiger partial charge in [-0.1, -0.05) is 48.9 Å². The number of benzene rings is 2. The molecular weight excluding hydrogens is 340 g/mol. The molecule has 0 fully saturated rings. The van der Waals surface area contributed by atoms with Crippen molar-refractivity contribution < 1.29 is 9.68 Å². The molecule has 0 spiro atoms. The van der Waals surface area contributed by atoms with E-state index in [9.17, 15) is 5.11 Å². The Balaban J connectivity index is 1.83. The molecule has 2 aliphatic rings. The summed E-state index contributed by atoms with van der Waals surface area (Å²) in [6, 6.07) is 18.1. The maximum Gasteiger partial charge on any atom is 0.317 e. The highest BCUT2D eigenvalue weighted by Gasteiger charge is 2.57. The van der Waals surface area contributed by atoms with Gasteiger partial charge in [-0.25, -0.2) is 4.58 Å². The predicted molar refractivity (Wildman–Crippen MR) is 101 cm³/mol. The van der Waals surface area contributed by atoms with Crippen molar-refractivity contribution in [3.63, 3.8) is 0 Å². The van der Waals surface area contributed by atoms with Crippen LogP contribution < -0.4 is 4.90 Å². The van der Waals surface area contributed by atoms with Crippen molar-refractivity contribution in [1.82, 2.24) is 0 Å². The number of para-hydroxylation sites is 1. The number of amidine groups is 1. The first-order valence-electron chi connectivity index (χ1n) is 8.23. The van der Waals surface area contributed by atoms with Crippen LogP contribution in [0.25, 0.3) is 0 Å². The summed E-state index contributed by atoms with van der Waals surface area (Å²) in [5.74, 6) is 1.08. The van der Waals surface area contributed by atoms with Crippen LogP contribution in [0.2, 0.25) is 5.02 Å². The topological polar surface area (TPSA) is 26.5 Å². The quantitative estimate of drug-likeness (QED) is 0.842. The zero-order chi connectivity index (χ0) is 16.7. The van der Waals surface area contributed by atoms with Crippen LogP contribution in [-0.4, -0.2) is 33.2 Å². The second-order valence-electron chi connectivity index (χ2n) is 6.28. The lowest BCUT2D eigenvalue weighted by Gasteiger charge is -2.29. The van der Waals surface area contributed by atoms with Gasteiger partial charge in [-0.05, 0) is 42.4 Å². The number of thioether (sulfide) groups is 1. The summed E-state index contributed by atoms with van der Waals surface area (Å²) >= 11 is 7.87. The standard InChI is InChI=1S/C19H20ClN2OS/c1-2-16-12-24-18-21(16)13-19(23,14-8-10-15(20)11-9-14)22(18)17-6-4-3-5-7-17/h3-11,16,23H,2,12-13H2,1H3/q+1/t16-,19-/m0/s1. The number of hydrogen-bond acceptors (Lipinski definition) is 3. The Morgan fingerprint density at radius 1 is 1.21 bits per heavy atom. The van der Waals surface area contributed by atoms with E-state index in [-0.39, 0.29) is 0 Å². The van der Waals surface area contributed by atoms with Crippen LogP contribution in [0.4, 0.5) is 5.69 Å². The van der Waals surface area contributed by atoms with Crippen LogP contribution in [0.15, 0.2) is 54.6 Å². The number of hydrogen-bond donors (Lipinski definition) is 1. The van der Waals surface area contributed by atoms with Crippen LogP contribution in [0.1, 0.15) is 18.9 Å². The van der Waals surface area contributed by atoms with Gasteiger partial charge in [0.2, 0.25) is 0 Å². The van der Waals surface area contributed by atoms with Gasteiger partial charge in [0.15, 0.2) is 6.54 Å². The van der Waals surface area contributed by atoms with Crippen LogP contribution in [-0.2, 0) is 5.72 Å². The molecule has 24 heavy (non-hydrogen) atoms. The van der Waals surface area contributed by atoms with Gasteiger partial charge in [0.25, 0.3) is 5.72 Å². The van der Waals surface area contributed by atoms with Gasteiger partial charge in [0.1, 0.15) is 11.7 Å². The molecule has 0 radical (unpaired) electrons. The maximum atomic E-state index is 11.7. The van der Waals surface area contributed by atoms with E-state index in [1.165, 1.54) is 0 Å². The smallest absolute Gasteiger partial charge is 0.317 e. The minimum Gasteiger partial charge on any atom is -0.346 e. The Bertz CT molecular complexity index is 778. The van der Waals surface area contributed by atoms with Crippen molar-refractivity contribution >= 4 is 34.2 Å². The number of nitrogens with zero attached hydrogens (tertiary/aromatic N) is 2. The predicted octanol–water partition coefficient (Wildman–Crippen LogP) is 3.90. The molecule has 2 heterocycles. The molecule has 0 aromatic heterocycles. The molecule has 5 heteroatoms. The van der Waals surface area contributed by atoms with E-state index in [1.54, 1.807) is 0 Å². The fraction of sp³-hybridized carbons (Fsp3) is 0.316. The number of halogens is 1. The van der Waals surface area contributed by atoms with E-state index in [4.69, 9.17) is 11.6 Å². The number of aliphatic hydroxyl groups is 1. The zero-order valence-electron chi connectivity index (χ0n) is 13.5. The summed E-state index contributed by atoms with van der Waals surface area (Å²) in [5, 5.41) is 13.5. The van der Waals surface area contributed by atoms with Gasteiger partial charge in [0, 0.05) is 16.3 Å². The number of rotatable bonds is 3. The highest BCUT2D eigenvalue weighted by molar-refractivity contribution is 8.14. The molecule has 4 rings (SSSR count). The number of anilines is 1. The summed E-state index contributed by atoms with van der Waals surface area (Å²) in [4.78, 5) is 2.08. The van der Waals surface area contributed by atoms with E-state index in [0.29, 0.717) is 17.6 Å². The molecule has 124 valence electrons. The summed E-state index contributed by atoms with van der Waals surface area (Å²) in [5.41, 5.74) is 0.798. The molecule has 2 aromatic rings. The zero-order valence-corrected chi connectivity index (χ0v) is 15.1. The largest absolute Gasteiger partial charge is 0.346 e. The highest BCUT2D eigenvalue weighted by Crippen LogP contribution is 2.42. The molecular formula is C19H20ClN2OS+.